The summed E-state index contributed by atoms with van der Waals surface area (Å²) in [6.45, 7) is 0. The van der Waals surface area contributed by atoms with E-state index in [1.807, 2.05) is 12.3 Å². The lowest BCUT2D eigenvalue weighted by Crippen LogP contribution is -2.31. The third-order valence-corrected chi connectivity index (χ3v) is 17.5. The van der Waals surface area contributed by atoms with E-state index < -0.39 is 0 Å². The maximum absolute atomic E-state index is 7.00. The standard InChI is InChI=1S/C84H55N5O/c1-6-24-57(25-7-1)61-46-62(58-26-8-2-9-27-58)49-65(48-61)71-38-23-39-72(66-50-63(59-28-10-3-11-29-59)47-64(51-66)60-30-12-4-13-31-60)84(71)87-56-86(79-42-20-21-43-80(79)87)68-34-22-35-69(52-68)90-70-44-45-75-73-36-16-19-41-78(73)89(81(75)53-70)83-54-82-76(55-85-83)74-37-17-18-40-77(74)88(82)67-32-14-5-15-33-67/h1-55H. The summed E-state index contributed by atoms with van der Waals surface area (Å²) in [4.78, 5) is 5.23. The topological polar surface area (TPSA) is 40.8 Å². The Morgan fingerprint density at radius 3 is 1.30 bits per heavy atom. The minimum atomic E-state index is 0.692. The molecule has 4 heterocycles. The van der Waals surface area contributed by atoms with Crippen molar-refractivity contribution >= 4 is 54.6 Å². The molecule has 6 nitrogen and oxygen atoms in total. The van der Waals surface area contributed by atoms with Gasteiger partial charge < -0.3 is 9.30 Å². The number of ether oxygens (including phenoxy) is 1. The maximum Gasteiger partial charge on any atom is 0.269 e. The van der Waals surface area contributed by atoms with Crippen LogP contribution >= 0.6 is 0 Å². The Morgan fingerprint density at radius 1 is 0.289 bits per heavy atom. The Labute approximate surface area is 520 Å². The van der Waals surface area contributed by atoms with E-state index in [1.54, 1.807) is 0 Å². The summed E-state index contributed by atoms with van der Waals surface area (Å²) < 4.78 is 16.1. The molecule has 0 saturated heterocycles. The molecule has 0 amide bonds. The normalized spacial score (nSPS) is 11.6. The van der Waals surface area contributed by atoms with Gasteiger partial charge in [0.25, 0.3) is 6.33 Å². The number of pyridine rings is 1. The van der Waals surface area contributed by atoms with Gasteiger partial charge in [0.05, 0.1) is 44.5 Å². The van der Waals surface area contributed by atoms with Crippen LogP contribution in [0.2, 0.25) is 0 Å². The zero-order valence-corrected chi connectivity index (χ0v) is 48.9. The molecule has 6 heteroatoms. The predicted molar refractivity (Wildman–Crippen MR) is 369 cm³/mol. The smallest absolute Gasteiger partial charge is 0.269 e. The minimum absolute atomic E-state index is 0.692. The van der Waals surface area contributed by atoms with E-state index in [-0.39, 0.29) is 0 Å². The van der Waals surface area contributed by atoms with Crippen LogP contribution in [0, 0.1) is 6.33 Å². The molecule has 0 saturated carbocycles. The number of hydrogen-bond donors (Lipinski definition) is 0. The van der Waals surface area contributed by atoms with Crippen molar-refractivity contribution in [1.82, 2.24) is 18.7 Å². The number of imidazole rings is 1. The summed E-state index contributed by atoms with van der Waals surface area (Å²) >= 11 is 0. The predicted octanol–water partition coefficient (Wildman–Crippen LogP) is 21.1. The first-order valence-electron chi connectivity index (χ1n) is 30.5. The van der Waals surface area contributed by atoms with E-state index in [2.05, 4.69) is 346 Å². The quantitative estimate of drug-likeness (QED) is 0.0903. The van der Waals surface area contributed by atoms with Crippen molar-refractivity contribution in [3.05, 3.63) is 340 Å². The highest BCUT2D eigenvalue weighted by molar-refractivity contribution is 6.12. The minimum Gasteiger partial charge on any atom is -0.458 e. The Hall–Kier alpha value is -12.1. The van der Waals surface area contributed by atoms with Crippen molar-refractivity contribution < 1.29 is 9.30 Å². The number of para-hydroxylation sites is 6. The van der Waals surface area contributed by atoms with Gasteiger partial charge in [-0.25, -0.2) is 4.98 Å². The van der Waals surface area contributed by atoms with Gasteiger partial charge in [0.1, 0.15) is 17.3 Å². The van der Waals surface area contributed by atoms with Crippen LogP contribution in [0.25, 0.3) is 144 Å². The first-order valence-corrected chi connectivity index (χ1v) is 30.5. The van der Waals surface area contributed by atoms with Crippen molar-refractivity contribution in [3.8, 4) is 101 Å². The van der Waals surface area contributed by atoms with Crippen molar-refractivity contribution in [3.63, 3.8) is 0 Å². The molecule has 0 aliphatic rings. The fourth-order valence-corrected chi connectivity index (χ4v) is 13.3. The largest absolute Gasteiger partial charge is 0.458 e. The molecule has 0 unspecified atom stereocenters. The van der Waals surface area contributed by atoms with Crippen LogP contribution in [0.15, 0.2) is 334 Å². The van der Waals surface area contributed by atoms with Crippen LogP contribution in [0.3, 0.4) is 0 Å². The van der Waals surface area contributed by atoms with E-state index in [9.17, 15) is 0 Å². The molecule has 4 aromatic heterocycles. The molecule has 13 aromatic carbocycles. The van der Waals surface area contributed by atoms with Crippen molar-refractivity contribution in [2.24, 2.45) is 0 Å². The van der Waals surface area contributed by atoms with Crippen LogP contribution in [-0.4, -0.2) is 18.7 Å². The monoisotopic (exact) mass is 1150 g/mol. The number of fused-ring (bicyclic) bond motifs is 7. The molecule has 17 rings (SSSR count). The average molecular weight is 1150 g/mol. The van der Waals surface area contributed by atoms with Crippen molar-refractivity contribution in [2.45, 2.75) is 0 Å². The second-order valence-corrected chi connectivity index (χ2v) is 22.9. The highest BCUT2D eigenvalue weighted by Gasteiger charge is 2.23. The fourth-order valence-electron chi connectivity index (χ4n) is 13.3. The third kappa shape index (κ3) is 9.21. The molecule has 0 aliphatic heterocycles. The van der Waals surface area contributed by atoms with E-state index in [1.165, 1.54) is 0 Å². The van der Waals surface area contributed by atoms with Gasteiger partial charge in [-0.05, 0) is 158 Å². The summed E-state index contributed by atoms with van der Waals surface area (Å²) in [6, 6.07) is 117. The molecular weight excluding hydrogens is 1090 g/mol. The molecule has 0 fully saturated rings. The van der Waals surface area contributed by atoms with E-state index in [0.29, 0.717) is 11.5 Å². The fraction of sp³-hybridized carbons (Fsp3) is 0. The van der Waals surface area contributed by atoms with Crippen molar-refractivity contribution in [2.75, 3.05) is 0 Å². The molecule has 0 bridgehead atoms. The molecule has 422 valence electrons. The maximum atomic E-state index is 7.00. The van der Waals surface area contributed by atoms with Gasteiger partial charge in [0, 0.05) is 45.6 Å². The van der Waals surface area contributed by atoms with Gasteiger partial charge >= 0.3 is 0 Å². The highest BCUT2D eigenvalue weighted by atomic mass is 16.5. The molecule has 0 aliphatic carbocycles. The summed E-state index contributed by atoms with van der Waals surface area (Å²) in [5.41, 5.74) is 22.7. The number of benzene rings is 13. The molecule has 0 radical (unpaired) electrons. The lowest BCUT2D eigenvalue weighted by molar-refractivity contribution is -0.571. The van der Waals surface area contributed by atoms with Gasteiger partial charge in [-0.1, -0.05) is 224 Å². The molecule has 90 heavy (non-hydrogen) atoms. The lowest BCUT2D eigenvalue weighted by atomic mass is 9.89. The summed E-state index contributed by atoms with van der Waals surface area (Å²) in [6.07, 6.45) is 6.01. The summed E-state index contributed by atoms with van der Waals surface area (Å²) in [5.74, 6) is 2.22. The van der Waals surface area contributed by atoms with Crippen LogP contribution in [0.4, 0.5) is 0 Å². The van der Waals surface area contributed by atoms with Gasteiger partial charge in [-0.3, -0.25) is 13.7 Å². The SMILES string of the molecule is [c-]1n(-c2cccc(Oc3ccc4c5ccccc5n(-c5cc6c(cn5)c5ccccc5n6-c5ccccc5)c4c3)c2)c2ccccc2[n+]1-c1c(-c2cc(-c3ccccc3)cc(-c3ccccc3)c2)cccc1-c1cc(-c2ccccc2)cc(-c2ccccc2)c1. The van der Waals surface area contributed by atoms with Crippen LogP contribution in [0.1, 0.15) is 0 Å². The Balaban J connectivity index is 0.823. The number of rotatable bonds is 12. The highest BCUT2D eigenvalue weighted by Crippen LogP contribution is 2.43. The first-order chi connectivity index (χ1) is 44.6. The summed E-state index contributed by atoms with van der Waals surface area (Å²) in [5, 5.41) is 4.51. The van der Waals surface area contributed by atoms with Gasteiger partial charge in [-0.15, -0.1) is 0 Å². The summed E-state index contributed by atoms with van der Waals surface area (Å²) in [7, 11) is 0. The second-order valence-electron chi connectivity index (χ2n) is 22.9. The van der Waals surface area contributed by atoms with Crippen LogP contribution in [-0.2, 0) is 0 Å². The molecule has 0 spiro atoms. The van der Waals surface area contributed by atoms with E-state index >= 15 is 0 Å². The second kappa shape index (κ2) is 22.0. The Kier molecular flexibility index (Phi) is 12.8. The van der Waals surface area contributed by atoms with E-state index in [0.717, 1.165) is 144 Å². The number of hydrogen-bond acceptors (Lipinski definition) is 2. The van der Waals surface area contributed by atoms with Gasteiger partial charge in [0.2, 0.25) is 0 Å². The van der Waals surface area contributed by atoms with Crippen molar-refractivity contribution in [1.29, 1.82) is 0 Å². The van der Waals surface area contributed by atoms with Gasteiger partial charge in [-0.2, -0.15) is 0 Å². The average Bonchev–Trinajstić information content (AvgIpc) is 1.58. The zero-order chi connectivity index (χ0) is 59.5. The third-order valence-electron chi connectivity index (χ3n) is 17.5. The van der Waals surface area contributed by atoms with Crippen LogP contribution in [0.5, 0.6) is 11.5 Å². The van der Waals surface area contributed by atoms with Crippen LogP contribution < -0.4 is 9.30 Å². The Morgan fingerprint density at radius 2 is 0.722 bits per heavy atom. The van der Waals surface area contributed by atoms with E-state index in [4.69, 9.17) is 9.72 Å². The Bertz CT molecular complexity index is 5290. The molecular formula is C84H55N5O. The van der Waals surface area contributed by atoms with Gasteiger partial charge in [0.15, 0.2) is 0 Å². The number of aromatic nitrogens is 5. The zero-order valence-electron chi connectivity index (χ0n) is 48.9. The first kappa shape index (κ1) is 52.2. The molecule has 0 N–H and O–H groups in total. The molecule has 0 atom stereocenters. The lowest BCUT2D eigenvalue weighted by Gasteiger charge is -2.20. The molecule has 17 aromatic rings. The number of nitrogens with zero attached hydrogens (tertiary/aromatic N) is 5.